The van der Waals surface area contributed by atoms with E-state index in [-0.39, 0.29) is 6.42 Å². The third-order valence-corrected chi connectivity index (χ3v) is 6.07. The summed E-state index contributed by atoms with van der Waals surface area (Å²) in [5, 5.41) is 3.72. The highest BCUT2D eigenvalue weighted by molar-refractivity contribution is 6.30. The molecular weight excluding hydrogens is 471 g/mol. The van der Waals surface area contributed by atoms with Crippen LogP contribution in [0.5, 0.6) is 0 Å². The number of methoxy groups -OCH3 is 1. The predicted molar refractivity (Wildman–Crippen MR) is 132 cm³/mol. The van der Waals surface area contributed by atoms with Crippen LogP contribution in [-0.4, -0.2) is 40.0 Å². The minimum Gasteiger partial charge on any atom is -0.467 e. The Morgan fingerprint density at radius 1 is 1.11 bits per heavy atom. The van der Waals surface area contributed by atoms with Crippen LogP contribution in [0.25, 0.3) is 33.3 Å². The normalized spacial score (nSPS) is 12.1. The number of rotatable bonds is 6. The summed E-state index contributed by atoms with van der Waals surface area (Å²) in [4.78, 5) is 36.3. The largest absolute Gasteiger partial charge is 0.467 e. The van der Waals surface area contributed by atoms with Crippen LogP contribution in [-0.2, 0) is 16.0 Å². The van der Waals surface area contributed by atoms with Crippen molar-refractivity contribution in [3.8, 4) is 11.4 Å². The molecule has 1 amide bonds. The first-order valence-electron chi connectivity index (χ1n) is 10.8. The van der Waals surface area contributed by atoms with Crippen LogP contribution in [0.2, 0.25) is 5.02 Å². The molecule has 2 aromatic heterocycles. The number of benzene rings is 3. The molecule has 0 saturated carbocycles. The highest BCUT2D eigenvalue weighted by Gasteiger charge is 2.25. The van der Waals surface area contributed by atoms with Crippen molar-refractivity contribution in [2.75, 3.05) is 7.11 Å². The van der Waals surface area contributed by atoms with Crippen LogP contribution in [0.15, 0.2) is 66.9 Å². The van der Waals surface area contributed by atoms with Crippen LogP contribution < -0.4 is 5.32 Å². The first-order chi connectivity index (χ1) is 16.9. The van der Waals surface area contributed by atoms with E-state index < -0.39 is 23.7 Å². The summed E-state index contributed by atoms with van der Waals surface area (Å²) in [6.07, 6.45) is 1.69. The van der Waals surface area contributed by atoms with E-state index in [2.05, 4.69) is 20.3 Å². The lowest BCUT2D eigenvalue weighted by atomic mass is 10.0. The fraction of sp³-hybridized carbons (Fsp3) is 0.115. The molecule has 0 saturated heterocycles. The molecule has 176 valence electrons. The molecular formula is C26H20ClFN4O3. The summed E-state index contributed by atoms with van der Waals surface area (Å²) < 4.78 is 19.3. The summed E-state index contributed by atoms with van der Waals surface area (Å²) in [6.45, 7) is 0. The van der Waals surface area contributed by atoms with Gasteiger partial charge < -0.3 is 20.0 Å². The molecule has 0 fully saturated rings. The Morgan fingerprint density at radius 2 is 1.91 bits per heavy atom. The lowest BCUT2D eigenvalue weighted by Gasteiger charge is -2.16. The number of H-pyrrole nitrogens is 2. The predicted octanol–water partition coefficient (Wildman–Crippen LogP) is 5.02. The zero-order chi connectivity index (χ0) is 24.5. The molecule has 0 aliphatic carbocycles. The average Bonchev–Trinajstić information content (AvgIpc) is 3.48. The molecule has 0 aliphatic rings. The lowest BCUT2D eigenvalue weighted by molar-refractivity contribution is -0.142. The zero-order valence-electron chi connectivity index (χ0n) is 18.6. The highest BCUT2D eigenvalue weighted by atomic mass is 35.5. The molecule has 1 atom stereocenters. The molecule has 7 nitrogen and oxygen atoms in total. The Bertz CT molecular complexity index is 1560. The molecule has 0 radical (unpaired) electrons. The molecule has 2 heterocycles. The maximum Gasteiger partial charge on any atom is 0.328 e. The van der Waals surface area contributed by atoms with Crippen LogP contribution >= 0.6 is 11.6 Å². The van der Waals surface area contributed by atoms with E-state index in [1.165, 1.54) is 13.2 Å². The first-order valence-corrected chi connectivity index (χ1v) is 11.2. The fourth-order valence-corrected chi connectivity index (χ4v) is 4.19. The number of esters is 1. The molecule has 0 bridgehead atoms. The number of nitrogens with one attached hydrogen (secondary N) is 3. The Labute approximate surface area is 204 Å². The van der Waals surface area contributed by atoms with E-state index in [4.69, 9.17) is 16.3 Å². The van der Waals surface area contributed by atoms with Gasteiger partial charge in [0.05, 0.1) is 18.1 Å². The lowest BCUT2D eigenvalue weighted by Crippen LogP contribution is -2.43. The molecule has 5 aromatic rings. The second-order valence-corrected chi connectivity index (χ2v) is 8.49. The maximum atomic E-state index is 14.4. The van der Waals surface area contributed by atoms with Gasteiger partial charge in [0.15, 0.2) is 0 Å². The molecule has 0 aliphatic heterocycles. The number of hydrogen-bond donors (Lipinski definition) is 3. The molecule has 3 N–H and O–H groups in total. The van der Waals surface area contributed by atoms with E-state index in [9.17, 15) is 14.0 Å². The number of aromatic amines is 2. The van der Waals surface area contributed by atoms with Gasteiger partial charge in [0.1, 0.15) is 17.7 Å². The standard InChI is InChI=1S/C26H20ClFN4O3/c1-35-26(34)22(12-16-13-29-20-4-2-3-18(28)23(16)20)32-25(33)15-7-10-19-21(11-15)31-24(30-19)14-5-8-17(27)9-6-14/h2-11,13,22,29H,12H2,1H3,(H,30,31)(H,32,33). The zero-order valence-corrected chi connectivity index (χ0v) is 19.3. The number of nitrogens with zero attached hydrogens (tertiary/aromatic N) is 1. The van der Waals surface area contributed by atoms with Gasteiger partial charge in [-0.05, 0) is 60.2 Å². The van der Waals surface area contributed by atoms with Gasteiger partial charge in [-0.15, -0.1) is 0 Å². The van der Waals surface area contributed by atoms with Crippen LogP contribution in [0.3, 0.4) is 0 Å². The van der Waals surface area contributed by atoms with Gasteiger partial charge >= 0.3 is 5.97 Å². The van der Waals surface area contributed by atoms with E-state index in [1.807, 2.05) is 12.1 Å². The molecule has 5 rings (SSSR count). The molecule has 0 spiro atoms. The third kappa shape index (κ3) is 4.48. The number of carbonyl (C=O) groups excluding carboxylic acids is 2. The number of halogens is 2. The fourth-order valence-electron chi connectivity index (χ4n) is 4.06. The van der Waals surface area contributed by atoms with Gasteiger partial charge in [0.25, 0.3) is 5.91 Å². The molecule has 35 heavy (non-hydrogen) atoms. The summed E-state index contributed by atoms with van der Waals surface area (Å²) in [5.41, 5.74) is 3.71. The second-order valence-electron chi connectivity index (χ2n) is 8.05. The Balaban J connectivity index is 1.40. The van der Waals surface area contributed by atoms with E-state index in [1.54, 1.807) is 48.7 Å². The van der Waals surface area contributed by atoms with Crippen molar-refractivity contribution in [2.24, 2.45) is 0 Å². The van der Waals surface area contributed by atoms with Gasteiger partial charge in [-0.3, -0.25) is 4.79 Å². The monoisotopic (exact) mass is 490 g/mol. The SMILES string of the molecule is COC(=O)C(Cc1c[nH]c2cccc(F)c12)NC(=O)c1ccc2nc(-c3ccc(Cl)cc3)[nH]c2c1. The van der Waals surface area contributed by atoms with Gasteiger partial charge in [0, 0.05) is 39.7 Å². The Morgan fingerprint density at radius 3 is 2.69 bits per heavy atom. The van der Waals surface area contributed by atoms with Crippen molar-refractivity contribution in [1.29, 1.82) is 0 Å². The smallest absolute Gasteiger partial charge is 0.328 e. The average molecular weight is 491 g/mol. The summed E-state index contributed by atoms with van der Waals surface area (Å²) in [5.74, 6) is -0.861. The van der Waals surface area contributed by atoms with Crippen LogP contribution in [0.4, 0.5) is 4.39 Å². The van der Waals surface area contributed by atoms with Crippen molar-refractivity contribution in [2.45, 2.75) is 12.5 Å². The third-order valence-electron chi connectivity index (χ3n) is 5.81. The van der Waals surface area contributed by atoms with Gasteiger partial charge in [0.2, 0.25) is 0 Å². The summed E-state index contributed by atoms with van der Waals surface area (Å²) in [7, 11) is 1.24. The summed E-state index contributed by atoms with van der Waals surface area (Å²) >= 11 is 5.96. The number of aromatic nitrogens is 3. The van der Waals surface area contributed by atoms with Gasteiger partial charge in [-0.25, -0.2) is 14.2 Å². The number of amides is 1. The van der Waals surface area contributed by atoms with E-state index in [0.29, 0.717) is 43.9 Å². The van der Waals surface area contributed by atoms with Crippen molar-refractivity contribution in [3.63, 3.8) is 0 Å². The number of fused-ring (bicyclic) bond motifs is 2. The minimum absolute atomic E-state index is 0.0619. The number of carbonyl (C=O) groups is 2. The highest BCUT2D eigenvalue weighted by Crippen LogP contribution is 2.24. The quantitative estimate of drug-likeness (QED) is 0.291. The maximum absolute atomic E-state index is 14.4. The molecule has 9 heteroatoms. The van der Waals surface area contributed by atoms with Crippen LogP contribution in [0, 0.1) is 5.82 Å². The van der Waals surface area contributed by atoms with Gasteiger partial charge in [-0.1, -0.05) is 17.7 Å². The van der Waals surface area contributed by atoms with Crippen molar-refractivity contribution >= 4 is 45.4 Å². The molecule has 3 aromatic carbocycles. The second kappa shape index (κ2) is 9.23. The number of ether oxygens (including phenoxy) is 1. The Hall–Kier alpha value is -4.17. The first kappa shape index (κ1) is 22.6. The van der Waals surface area contributed by atoms with Crippen molar-refractivity contribution < 1.29 is 18.7 Å². The minimum atomic E-state index is -1.01. The van der Waals surface area contributed by atoms with E-state index >= 15 is 0 Å². The van der Waals surface area contributed by atoms with Crippen molar-refractivity contribution in [1.82, 2.24) is 20.3 Å². The van der Waals surface area contributed by atoms with Crippen LogP contribution in [0.1, 0.15) is 15.9 Å². The topological polar surface area (TPSA) is 99.9 Å². The summed E-state index contributed by atoms with van der Waals surface area (Å²) in [6, 6.07) is 15.9. The van der Waals surface area contributed by atoms with Crippen molar-refractivity contribution in [3.05, 3.63) is 88.8 Å². The number of imidazole rings is 1. The van der Waals surface area contributed by atoms with Gasteiger partial charge in [-0.2, -0.15) is 0 Å². The molecule has 1 unspecified atom stereocenters. The Kier molecular flexibility index (Phi) is 5.96. The number of hydrogen-bond acceptors (Lipinski definition) is 4. The van der Waals surface area contributed by atoms with E-state index in [0.717, 1.165) is 5.56 Å².